The van der Waals surface area contributed by atoms with E-state index in [0.717, 1.165) is 19.6 Å². The van der Waals surface area contributed by atoms with Crippen LogP contribution in [0.4, 0.5) is 0 Å². The number of nitrogens with one attached hydrogen (secondary N) is 1. The molecule has 3 N–H and O–H groups in total. The Bertz CT molecular complexity index is 430. The molecular formula is C19H37N5S. The van der Waals surface area contributed by atoms with Gasteiger partial charge in [-0.25, -0.2) is 0 Å². The molecule has 2 aliphatic heterocycles. The number of aliphatic imine (C=N–C) groups is 1. The number of thioether (sulfide) groups is 1. The van der Waals surface area contributed by atoms with Gasteiger partial charge in [-0.05, 0) is 38.8 Å². The van der Waals surface area contributed by atoms with Gasteiger partial charge in [0.05, 0.1) is 6.54 Å². The standard InChI is InChI=1S/C19H37N5S/c1-2-23-10-6-7-17(23)15-21-18(20)22-16-19(8-4-3-5-9-19)24-11-13-25-14-12-24/h17H,2-16H2,1H3,(H3,20,21,22). The van der Waals surface area contributed by atoms with Crippen LogP contribution in [-0.4, -0.2) is 78.1 Å². The highest BCUT2D eigenvalue weighted by Gasteiger charge is 2.38. The Kier molecular flexibility index (Phi) is 7.31. The topological polar surface area (TPSA) is 56.9 Å². The van der Waals surface area contributed by atoms with Gasteiger partial charge in [0, 0.05) is 42.7 Å². The molecule has 5 nitrogen and oxygen atoms in total. The van der Waals surface area contributed by atoms with Crippen LogP contribution in [0.15, 0.2) is 4.99 Å². The number of hydrogen-bond donors (Lipinski definition) is 2. The van der Waals surface area contributed by atoms with E-state index in [1.807, 2.05) is 0 Å². The molecule has 3 aliphatic rings. The van der Waals surface area contributed by atoms with Crippen molar-refractivity contribution in [1.29, 1.82) is 0 Å². The van der Waals surface area contributed by atoms with Gasteiger partial charge in [-0.3, -0.25) is 14.8 Å². The first-order valence-corrected chi connectivity index (χ1v) is 11.5. The van der Waals surface area contributed by atoms with Crippen LogP contribution in [0.2, 0.25) is 0 Å². The van der Waals surface area contributed by atoms with Gasteiger partial charge in [-0.2, -0.15) is 11.8 Å². The molecule has 0 amide bonds. The molecule has 2 heterocycles. The number of rotatable bonds is 6. The first-order valence-electron chi connectivity index (χ1n) is 10.3. The quantitative estimate of drug-likeness (QED) is 0.556. The van der Waals surface area contributed by atoms with Crippen LogP contribution >= 0.6 is 11.8 Å². The molecule has 6 heteroatoms. The highest BCUT2D eigenvalue weighted by Crippen LogP contribution is 2.35. The van der Waals surface area contributed by atoms with E-state index >= 15 is 0 Å². The summed E-state index contributed by atoms with van der Waals surface area (Å²) in [6, 6.07) is 0.626. The van der Waals surface area contributed by atoms with Gasteiger partial charge in [0.2, 0.25) is 0 Å². The summed E-state index contributed by atoms with van der Waals surface area (Å²) >= 11 is 2.09. The van der Waals surface area contributed by atoms with Crippen molar-refractivity contribution in [3.8, 4) is 0 Å². The monoisotopic (exact) mass is 367 g/mol. The van der Waals surface area contributed by atoms with E-state index in [2.05, 4.69) is 33.8 Å². The van der Waals surface area contributed by atoms with Gasteiger partial charge in [0.1, 0.15) is 0 Å². The van der Waals surface area contributed by atoms with Crippen molar-refractivity contribution in [3.05, 3.63) is 0 Å². The Labute approximate surface area is 158 Å². The third-order valence-electron chi connectivity index (χ3n) is 6.43. The normalized spacial score (nSPS) is 29.0. The fraction of sp³-hybridized carbons (Fsp3) is 0.947. The molecule has 2 saturated heterocycles. The molecule has 0 aromatic heterocycles. The summed E-state index contributed by atoms with van der Waals surface area (Å²) < 4.78 is 0. The number of nitrogens with zero attached hydrogens (tertiary/aromatic N) is 3. The molecule has 0 aromatic rings. The molecule has 3 rings (SSSR count). The molecule has 25 heavy (non-hydrogen) atoms. The van der Waals surface area contributed by atoms with Crippen molar-refractivity contribution < 1.29 is 0 Å². The second kappa shape index (κ2) is 9.47. The minimum Gasteiger partial charge on any atom is -0.370 e. The minimum atomic E-state index is 0.272. The zero-order valence-corrected chi connectivity index (χ0v) is 16.8. The summed E-state index contributed by atoms with van der Waals surface area (Å²) in [6.45, 7) is 8.88. The smallest absolute Gasteiger partial charge is 0.188 e. The lowest BCUT2D eigenvalue weighted by atomic mass is 9.80. The van der Waals surface area contributed by atoms with Crippen molar-refractivity contribution in [2.24, 2.45) is 10.7 Å². The summed E-state index contributed by atoms with van der Waals surface area (Å²) in [4.78, 5) is 10.1. The van der Waals surface area contributed by atoms with Gasteiger partial charge in [-0.1, -0.05) is 26.2 Å². The van der Waals surface area contributed by atoms with Crippen molar-refractivity contribution in [3.63, 3.8) is 0 Å². The Morgan fingerprint density at radius 3 is 2.64 bits per heavy atom. The maximum atomic E-state index is 6.24. The predicted molar refractivity (Wildman–Crippen MR) is 109 cm³/mol. The largest absolute Gasteiger partial charge is 0.370 e. The average molecular weight is 368 g/mol. The first-order chi connectivity index (χ1) is 12.2. The number of nitrogens with two attached hydrogens (primary N) is 1. The molecule has 1 unspecified atom stereocenters. The van der Waals surface area contributed by atoms with Crippen molar-refractivity contribution in [2.45, 2.75) is 63.5 Å². The molecule has 144 valence electrons. The molecule has 1 aliphatic carbocycles. The van der Waals surface area contributed by atoms with Crippen LogP contribution in [-0.2, 0) is 0 Å². The molecule has 0 spiro atoms. The molecule has 1 atom stereocenters. The summed E-state index contributed by atoms with van der Waals surface area (Å²) in [6.07, 6.45) is 9.26. The summed E-state index contributed by atoms with van der Waals surface area (Å²) in [5, 5.41) is 3.41. The molecule has 1 saturated carbocycles. The first kappa shape index (κ1) is 19.3. The van der Waals surface area contributed by atoms with Gasteiger partial charge >= 0.3 is 0 Å². The highest BCUT2D eigenvalue weighted by molar-refractivity contribution is 7.99. The van der Waals surface area contributed by atoms with Crippen LogP contribution in [0, 0.1) is 0 Å². The molecule has 0 radical (unpaired) electrons. The van der Waals surface area contributed by atoms with E-state index in [0.29, 0.717) is 12.0 Å². The maximum Gasteiger partial charge on any atom is 0.188 e. The van der Waals surface area contributed by atoms with Crippen LogP contribution in [0.5, 0.6) is 0 Å². The third-order valence-corrected chi connectivity index (χ3v) is 7.38. The average Bonchev–Trinajstić information content (AvgIpc) is 3.14. The second-order valence-electron chi connectivity index (χ2n) is 7.89. The van der Waals surface area contributed by atoms with Crippen LogP contribution < -0.4 is 11.1 Å². The number of likely N-dealkylation sites (N-methyl/N-ethyl adjacent to an activating group) is 1. The lowest BCUT2D eigenvalue weighted by molar-refractivity contribution is 0.0672. The van der Waals surface area contributed by atoms with Crippen LogP contribution in [0.1, 0.15) is 51.9 Å². The lowest BCUT2D eigenvalue weighted by Gasteiger charge is -2.47. The van der Waals surface area contributed by atoms with Crippen molar-refractivity contribution in [1.82, 2.24) is 15.1 Å². The zero-order valence-electron chi connectivity index (χ0n) is 16.0. The lowest BCUT2D eigenvalue weighted by Crippen LogP contribution is -2.55. The summed E-state index contributed by atoms with van der Waals surface area (Å²) in [5.74, 6) is 3.20. The van der Waals surface area contributed by atoms with E-state index in [1.165, 1.54) is 76.1 Å². The van der Waals surface area contributed by atoms with E-state index < -0.39 is 0 Å². The van der Waals surface area contributed by atoms with E-state index in [1.54, 1.807) is 0 Å². The van der Waals surface area contributed by atoms with Gasteiger partial charge in [-0.15, -0.1) is 0 Å². The Hall–Kier alpha value is -0.460. The molecular weight excluding hydrogens is 330 g/mol. The number of hydrogen-bond acceptors (Lipinski definition) is 4. The van der Waals surface area contributed by atoms with E-state index in [-0.39, 0.29) is 5.54 Å². The van der Waals surface area contributed by atoms with Gasteiger partial charge in [0.15, 0.2) is 5.96 Å². The Morgan fingerprint density at radius 2 is 1.92 bits per heavy atom. The maximum absolute atomic E-state index is 6.24. The van der Waals surface area contributed by atoms with Crippen molar-refractivity contribution >= 4 is 17.7 Å². The van der Waals surface area contributed by atoms with Gasteiger partial charge < -0.3 is 11.1 Å². The Morgan fingerprint density at radius 1 is 1.16 bits per heavy atom. The van der Waals surface area contributed by atoms with Crippen LogP contribution in [0.25, 0.3) is 0 Å². The van der Waals surface area contributed by atoms with Crippen molar-refractivity contribution in [2.75, 3.05) is 50.8 Å². The molecule has 0 aromatic carbocycles. The zero-order chi connectivity index (χ0) is 17.5. The van der Waals surface area contributed by atoms with Gasteiger partial charge in [0.25, 0.3) is 0 Å². The van der Waals surface area contributed by atoms with E-state index in [9.17, 15) is 0 Å². The number of likely N-dealkylation sites (tertiary alicyclic amines) is 1. The fourth-order valence-electron chi connectivity index (χ4n) is 4.88. The van der Waals surface area contributed by atoms with E-state index in [4.69, 9.17) is 10.7 Å². The number of guanidine groups is 1. The summed E-state index contributed by atoms with van der Waals surface area (Å²) in [5.41, 5.74) is 6.51. The molecule has 0 bridgehead atoms. The fourth-order valence-corrected chi connectivity index (χ4v) is 5.78. The minimum absolute atomic E-state index is 0.272. The highest BCUT2D eigenvalue weighted by atomic mass is 32.2. The van der Waals surface area contributed by atoms with Crippen LogP contribution in [0.3, 0.4) is 0 Å². The third kappa shape index (κ3) is 5.04. The SMILES string of the molecule is CCN1CCCC1CNC(N)=NCC1(N2CCSCC2)CCCCC1. The second-order valence-corrected chi connectivity index (χ2v) is 9.12. The molecule has 3 fully saturated rings. The predicted octanol–water partition coefficient (Wildman–Crippen LogP) is 2.13. The Balaban J connectivity index is 1.54. The summed E-state index contributed by atoms with van der Waals surface area (Å²) in [7, 11) is 0.